The van der Waals surface area contributed by atoms with Gasteiger partial charge in [-0.3, -0.25) is 0 Å². The van der Waals surface area contributed by atoms with E-state index < -0.39 is 17.6 Å². The van der Waals surface area contributed by atoms with E-state index in [2.05, 4.69) is 4.85 Å². The minimum atomic E-state index is -1.87. The van der Waals surface area contributed by atoms with Gasteiger partial charge in [-0.1, -0.05) is 63.2 Å². The lowest BCUT2D eigenvalue weighted by molar-refractivity contribution is -0.661. The normalized spacial score (nSPS) is 13.1. The fraction of sp³-hybridized carbons (Fsp3) is 0.226. The van der Waals surface area contributed by atoms with Gasteiger partial charge in [-0.15, -0.1) is 0 Å². The van der Waals surface area contributed by atoms with Gasteiger partial charge in [-0.2, -0.15) is 0 Å². The van der Waals surface area contributed by atoms with E-state index in [1.54, 1.807) is 32.4 Å². The summed E-state index contributed by atoms with van der Waals surface area (Å²) in [7, 11) is 1.79. The number of aromatic nitrogens is 1. The number of benzene rings is 3. The fourth-order valence-corrected chi connectivity index (χ4v) is 4.59. The number of fused-ring (bicyclic) bond motifs is 3. The molecule has 0 aliphatic carbocycles. The predicted molar refractivity (Wildman–Crippen MR) is 140 cm³/mol. The van der Waals surface area contributed by atoms with Gasteiger partial charge < -0.3 is 4.42 Å². The van der Waals surface area contributed by atoms with E-state index in [0.717, 1.165) is 33.0 Å². The van der Waals surface area contributed by atoms with Crippen LogP contribution in [0.4, 0.5) is 10.1 Å². The third-order valence-corrected chi connectivity index (χ3v) is 6.15. The average Bonchev–Trinajstić information content (AvgIpc) is 3.23. The second-order valence-corrected chi connectivity index (χ2v) is 9.99. The van der Waals surface area contributed by atoms with Crippen LogP contribution in [0.25, 0.3) is 49.2 Å². The molecular formula is C31H28FN2O+. The number of hydrogen-bond acceptors (Lipinski definition) is 1. The van der Waals surface area contributed by atoms with Crippen molar-refractivity contribution in [3.05, 3.63) is 95.2 Å². The molecule has 0 unspecified atom stereocenters. The summed E-state index contributed by atoms with van der Waals surface area (Å²) in [5, 5.41) is 1.67. The lowest BCUT2D eigenvalue weighted by Gasteiger charge is -2.18. The van der Waals surface area contributed by atoms with Gasteiger partial charge in [0.05, 0.1) is 17.7 Å². The van der Waals surface area contributed by atoms with E-state index in [0.29, 0.717) is 22.5 Å². The van der Waals surface area contributed by atoms with Crippen LogP contribution in [0.15, 0.2) is 71.3 Å². The molecule has 5 aromatic rings. The Hall–Kier alpha value is -3.97. The van der Waals surface area contributed by atoms with Crippen molar-refractivity contribution >= 4 is 27.6 Å². The maximum absolute atomic E-state index is 15.5. The number of hydrogen-bond donors (Lipinski definition) is 0. The topological polar surface area (TPSA) is 21.4 Å². The number of rotatable bonds is 3. The standard InChI is InChI=1S/C31H28FN2O/c1-19-12-13-23-24-14-21(20-10-8-7-9-11-20)15-26(33-5)29(24)35-30(23)28(19)27-16-25(32)22(18-34(27)6)17-31(2,3)4/h7-16,18H,17H2,1-4,6H3/q+1/i17D2. The molecule has 3 aromatic carbocycles. The summed E-state index contributed by atoms with van der Waals surface area (Å²) in [4.78, 5) is 3.75. The molecule has 0 saturated carbocycles. The molecule has 0 bridgehead atoms. The second kappa shape index (κ2) is 8.36. The third kappa shape index (κ3) is 4.08. The molecule has 0 fully saturated rings. The molecule has 0 aliphatic heterocycles. The molecule has 0 amide bonds. The van der Waals surface area contributed by atoms with Gasteiger partial charge in [-0.05, 0) is 47.5 Å². The van der Waals surface area contributed by atoms with Crippen LogP contribution in [0.3, 0.4) is 0 Å². The Morgan fingerprint density at radius 3 is 2.43 bits per heavy atom. The maximum Gasteiger partial charge on any atom is 0.230 e. The molecule has 0 spiro atoms. The van der Waals surface area contributed by atoms with Crippen LogP contribution in [0, 0.1) is 24.7 Å². The number of aryl methyl sites for hydroxylation is 2. The van der Waals surface area contributed by atoms with Crippen LogP contribution in [0.5, 0.6) is 0 Å². The lowest BCUT2D eigenvalue weighted by Crippen LogP contribution is -2.33. The van der Waals surface area contributed by atoms with Gasteiger partial charge >= 0.3 is 0 Å². The molecule has 0 atom stereocenters. The minimum Gasteiger partial charge on any atom is -0.466 e. The molecule has 3 nitrogen and oxygen atoms in total. The van der Waals surface area contributed by atoms with Crippen LogP contribution < -0.4 is 4.57 Å². The molecule has 0 saturated heterocycles. The van der Waals surface area contributed by atoms with Gasteiger partial charge in [0.25, 0.3) is 0 Å². The number of furan rings is 1. The Morgan fingerprint density at radius 1 is 1.00 bits per heavy atom. The van der Waals surface area contributed by atoms with Crippen molar-refractivity contribution in [2.24, 2.45) is 12.5 Å². The fourth-order valence-electron chi connectivity index (χ4n) is 4.59. The van der Waals surface area contributed by atoms with Crippen molar-refractivity contribution in [3.63, 3.8) is 0 Å². The molecule has 2 heterocycles. The van der Waals surface area contributed by atoms with E-state index in [-0.39, 0.29) is 5.56 Å². The smallest absolute Gasteiger partial charge is 0.230 e. The molecule has 5 rings (SSSR count). The second-order valence-electron chi connectivity index (χ2n) is 9.99. The highest BCUT2D eigenvalue weighted by atomic mass is 19.1. The minimum absolute atomic E-state index is 0.0171. The zero-order chi connectivity index (χ0) is 26.7. The lowest BCUT2D eigenvalue weighted by atomic mass is 9.88. The van der Waals surface area contributed by atoms with Crippen LogP contribution in [-0.2, 0) is 13.4 Å². The molecule has 35 heavy (non-hydrogen) atoms. The summed E-state index contributed by atoms with van der Waals surface area (Å²) in [6.07, 6.45) is -0.332. The Bertz CT molecular complexity index is 1720. The number of nitrogens with zero attached hydrogens (tertiary/aromatic N) is 2. The van der Waals surface area contributed by atoms with Crippen LogP contribution in [-0.4, -0.2) is 0 Å². The summed E-state index contributed by atoms with van der Waals surface area (Å²) in [5.74, 6) is -0.603. The summed E-state index contributed by atoms with van der Waals surface area (Å²) in [6.45, 7) is 15.0. The van der Waals surface area contributed by atoms with Gasteiger partial charge in [-0.25, -0.2) is 13.8 Å². The Balaban J connectivity index is 1.79. The first-order valence-electron chi connectivity index (χ1n) is 12.6. The molecular weight excluding hydrogens is 435 g/mol. The zero-order valence-corrected chi connectivity index (χ0v) is 20.5. The molecule has 0 N–H and O–H groups in total. The summed E-state index contributed by atoms with van der Waals surface area (Å²) in [6, 6.07) is 19.1. The highest BCUT2D eigenvalue weighted by Crippen LogP contribution is 2.42. The Labute approximate surface area is 208 Å². The van der Waals surface area contributed by atoms with Gasteiger partial charge in [0.1, 0.15) is 24.0 Å². The average molecular weight is 466 g/mol. The third-order valence-electron chi connectivity index (χ3n) is 6.15. The zero-order valence-electron chi connectivity index (χ0n) is 22.5. The highest BCUT2D eigenvalue weighted by molar-refractivity contribution is 6.14. The van der Waals surface area contributed by atoms with Gasteiger partial charge in [0.15, 0.2) is 6.20 Å². The molecule has 0 radical (unpaired) electrons. The van der Waals surface area contributed by atoms with E-state index in [9.17, 15) is 0 Å². The Morgan fingerprint density at radius 2 is 1.74 bits per heavy atom. The predicted octanol–water partition coefficient (Wildman–Crippen LogP) is 8.33. The summed E-state index contributed by atoms with van der Waals surface area (Å²) in [5.41, 5.74) is 4.83. The molecule has 0 aliphatic rings. The van der Waals surface area contributed by atoms with E-state index >= 15 is 4.39 Å². The van der Waals surface area contributed by atoms with Crippen LogP contribution in [0.1, 0.15) is 34.6 Å². The largest absolute Gasteiger partial charge is 0.466 e. The first-order valence-corrected chi connectivity index (χ1v) is 11.6. The van der Waals surface area contributed by atoms with Crippen molar-refractivity contribution in [2.45, 2.75) is 34.1 Å². The van der Waals surface area contributed by atoms with E-state index in [4.69, 9.17) is 13.7 Å². The molecule has 2 aromatic heterocycles. The van der Waals surface area contributed by atoms with Crippen LogP contribution in [0.2, 0.25) is 0 Å². The van der Waals surface area contributed by atoms with Crippen molar-refractivity contribution in [2.75, 3.05) is 0 Å². The van der Waals surface area contributed by atoms with Gasteiger partial charge in [0, 0.05) is 19.6 Å². The van der Waals surface area contributed by atoms with E-state index in [1.807, 2.05) is 61.5 Å². The first kappa shape index (κ1) is 20.4. The first-order chi connectivity index (χ1) is 17.4. The van der Waals surface area contributed by atoms with Crippen molar-refractivity contribution in [3.8, 4) is 22.4 Å². The quantitative estimate of drug-likeness (QED) is 0.194. The van der Waals surface area contributed by atoms with E-state index in [1.165, 1.54) is 12.3 Å². The highest BCUT2D eigenvalue weighted by Gasteiger charge is 2.25. The number of pyridine rings is 1. The molecule has 4 heteroatoms. The number of halogens is 1. The Kier molecular flexibility index (Phi) is 4.87. The van der Waals surface area contributed by atoms with Crippen molar-refractivity contribution < 1.29 is 16.1 Å². The molecule has 174 valence electrons. The van der Waals surface area contributed by atoms with Crippen molar-refractivity contribution in [1.29, 1.82) is 0 Å². The van der Waals surface area contributed by atoms with Gasteiger partial charge in [0.2, 0.25) is 11.4 Å². The SMILES string of the molecule is [2H]C([2H])(c1c[n+](C)c(-c2c(C)ccc3c2oc2c([N+]#[C-])cc(-c4ccccc4)cc23)cc1F)C(C)(C)C. The summed E-state index contributed by atoms with van der Waals surface area (Å²) < 4.78 is 40.8. The monoisotopic (exact) mass is 465 g/mol. The van der Waals surface area contributed by atoms with Crippen molar-refractivity contribution in [1.82, 2.24) is 0 Å². The maximum atomic E-state index is 15.5. The summed E-state index contributed by atoms with van der Waals surface area (Å²) >= 11 is 0. The van der Waals surface area contributed by atoms with Crippen LogP contribution >= 0.6 is 0 Å².